The fourth-order valence-electron chi connectivity index (χ4n) is 2.79. The van der Waals surface area contributed by atoms with Crippen molar-refractivity contribution in [1.82, 2.24) is 0 Å². The first-order valence-corrected chi connectivity index (χ1v) is 8.79. The molecule has 3 rings (SSSR count). The lowest BCUT2D eigenvalue weighted by Gasteiger charge is -2.09. The van der Waals surface area contributed by atoms with E-state index >= 15 is 0 Å². The zero-order valence-electron chi connectivity index (χ0n) is 12.9. The lowest BCUT2D eigenvalue weighted by Crippen LogP contribution is -2.16. The maximum atomic E-state index is 13.9. The van der Waals surface area contributed by atoms with Gasteiger partial charge in [-0.05, 0) is 43.9 Å². The van der Waals surface area contributed by atoms with Crippen molar-refractivity contribution in [1.29, 1.82) is 0 Å². The summed E-state index contributed by atoms with van der Waals surface area (Å²) in [7, 11) is 0. The van der Waals surface area contributed by atoms with Crippen LogP contribution in [0.1, 0.15) is 44.5 Å². The summed E-state index contributed by atoms with van der Waals surface area (Å²) < 4.78 is 19.0. The van der Waals surface area contributed by atoms with Gasteiger partial charge in [-0.15, -0.1) is 11.3 Å². The normalized spacial score (nSPS) is 12.8. The Labute approximate surface area is 147 Å². The molecule has 126 valence electrons. The molecule has 0 saturated carbocycles. The Bertz CT molecular complexity index is 798. The van der Waals surface area contributed by atoms with Crippen molar-refractivity contribution in [2.75, 3.05) is 11.9 Å². The first kappa shape index (κ1) is 16.9. The van der Waals surface area contributed by atoms with Crippen molar-refractivity contribution in [2.24, 2.45) is 0 Å². The van der Waals surface area contributed by atoms with Crippen LogP contribution in [0.5, 0.6) is 0 Å². The van der Waals surface area contributed by atoms with Crippen molar-refractivity contribution in [3.8, 4) is 0 Å². The van der Waals surface area contributed by atoms with Crippen LogP contribution in [0.2, 0.25) is 5.02 Å². The van der Waals surface area contributed by atoms with Crippen LogP contribution in [0.25, 0.3) is 0 Å². The summed E-state index contributed by atoms with van der Waals surface area (Å²) in [5.74, 6) is -1.85. The number of nitrogens with one attached hydrogen (secondary N) is 1. The summed E-state index contributed by atoms with van der Waals surface area (Å²) in [5.41, 5.74) is 1.08. The maximum Gasteiger partial charge on any atom is 0.341 e. The number of aryl methyl sites for hydroxylation is 1. The van der Waals surface area contributed by atoms with E-state index in [2.05, 4.69) is 5.32 Å². The van der Waals surface area contributed by atoms with Crippen molar-refractivity contribution in [3.05, 3.63) is 50.6 Å². The second-order valence-corrected chi connectivity index (χ2v) is 6.85. The van der Waals surface area contributed by atoms with Crippen molar-refractivity contribution in [2.45, 2.75) is 26.2 Å². The second-order valence-electron chi connectivity index (χ2n) is 5.33. The zero-order chi connectivity index (χ0) is 17.3. The maximum absolute atomic E-state index is 13.9. The molecule has 0 fully saturated rings. The van der Waals surface area contributed by atoms with Crippen molar-refractivity contribution >= 4 is 39.8 Å². The molecule has 1 aliphatic rings. The second kappa shape index (κ2) is 6.91. The first-order valence-electron chi connectivity index (χ1n) is 7.60. The number of hydrogen-bond acceptors (Lipinski definition) is 4. The molecule has 1 amide bonds. The average Bonchev–Trinajstić information content (AvgIpc) is 3.07. The third-order valence-electron chi connectivity index (χ3n) is 3.82. The smallest absolute Gasteiger partial charge is 0.341 e. The number of ether oxygens (including phenoxy) is 1. The molecule has 0 radical (unpaired) electrons. The van der Waals surface area contributed by atoms with Crippen LogP contribution in [0.4, 0.5) is 9.39 Å². The van der Waals surface area contributed by atoms with E-state index in [1.165, 1.54) is 29.5 Å². The van der Waals surface area contributed by atoms with Gasteiger partial charge < -0.3 is 10.1 Å². The minimum atomic E-state index is -0.707. The first-order chi connectivity index (χ1) is 11.5. The number of amides is 1. The molecule has 1 aromatic heterocycles. The van der Waals surface area contributed by atoms with Gasteiger partial charge in [0.15, 0.2) is 0 Å². The lowest BCUT2D eigenvalue weighted by molar-refractivity contribution is 0.0527. The van der Waals surface area contributed by atoms with Crippen LogP contribution in [-0.4, -0.2) is 18.5 Å². The highest BCUT2D eigenvalue weighted by Gasteiger charge is 2.29. The molecule has 0 aliphatic heterocycles. The van der Waals surface area contributed by atoms with Crippen LogP contribution < -0.4 is 5.32 Å². The number of benzene rings is 1. The molecule has 7 heteroatoms. The number of halogens is 2. The summed E-state index contributed by atoms with van der Waals surface area (Å²) in [6.07, 6.45) is 2.61. The number of esters is 1. The van der Waals surface area contributed by atoms with E-state index in [9.17, 15) is 14.0 Å². The fraction of sp³-hybridized carbons (Fsp3) is 0.294. The number of anilines is 1. The Morgan fingerprint density at radius 2 is 2.12 bits per heavy atom. The predicted octanol–water partition coefficient (Wildman–Crippen LogP) is 4.46. The van der Waals surface area contributed by atoms with Crippen LogP contribution in [0.15, 0.2) is 18.2 Å². The molecule has 24 heavy (non-hydrogen) atoms. The largest absolute Gasteiger partial charge is 0.462 e. The molecule has 4 nitrogen and oxygen atoms in total. The molecule has 1 aromatic carbocycles. The van der Waals surface area contributed by atoms with Gasteiger partial charge in [-0.1, -0.05) is 17.7 Å². The predicted molar refractivity (Wildman–Crippen MR) is 91.7 cm³/mol. The molecule has 0 saturated heterocycles. The number of thiophene rings is 1. The number of carbonyl (C=O) groups is 2. The molecule has 1 heterocycles. The van der Waals surface area contributed by atoms with Gasteiger partial charge in [-0.3, -0.25) is 4.79 Å². The van der Waals surface area contributed by atoms with E-state index in [-0.39, 0.29) is 17.2 Å². The van der Waals surface area contributed by atoms with Crippen molar-refractivity contribution in [3.63, 3.8) is 0 Å². The Balaban J connectivity index is 1.96. The molecule has 0 unspecified atom stereocenters. The molecule has 0 bridgehead atoms. The van der Waals surface area contributed by atoms with Crippen LogP contribution in [0.3, 0.4) is 0 Å². The highest BCUT2D eigenvalue weighted by molar-refractivity contribution is 7.17. The highest BCUT2D eigenvalue weighted by Crippen LogP contribution is 2.40. The summed E-state index contributed by atoms with van der Waals surface area (Å²) in [6.45, 7) is 1.97. The van der Waals surface area contributed by atoms with Gasteiger partial charge in [0, 0.05) is 4.88 Å². The lowest BCUT2D eigenvalue weighted by atomic mass is 10.1. The molecule has 1 aliphatic carbocycles. The summed E-state index contributed by atoms with van der Waals surface area (Å²) in [4.78, 5) is 25.8. The van der Waals surface area contributed by atoms with E-state index in [0.29, 0.717) is 10.6 Å². The Hall–Kier alpha value is -1.92. The molecule has 0 atom stereocenters. The summed E-state index contributed by atoms with van der Waals surface area (Å²) in [5, 5.41) is 3.05. The van der Waals surface area contributed by atoms with Gasteiger partial charge in [0.2, 0.25) is 0 Å². The molecule has 1 N–H and O–H groups in total. The van der Waals surface area contributed by atoms with E-state index in [4.69, 9.17) is 16.3 Å². The monoisotopic (exact) mass is 367 g/mol. The number of rotatable bonds is 4. The van der Waals surface area contributed by atoms with Gasteiger partial charge >= 0.3 is 5.97 Å². The van der Waals surface area contributed by atoms with E-state index in [0.717, 1.165) is 29.7 Å². The molecule has 0 spiro atoms. The third-order valence-corrected chi connectivity index (χ3v) is 5.34. The van der Waals surface area contributed by atoms with E-state index < -0.39 is 17.7 Å². The topological polar surface area (TPSA) is 55.4 Å². The van der Waals surface area contributed by atoms with Gasteiger partial charge in [-0.2, -0.15) is 0 Å². The number of fused-ring (bicyclic) bond motifs is 1. The standard InChI is InChI=1S/C17H15ClFNO3S/c1-2-23-17(22)13-9-5-3-8-12(9)24-16(13)20-15(21)14-10(18)6-4-7-11(14)19/h4,6-7H,2-3,5,8H2,1H3,(H,20,21). The molecular weight excluding hydrogens is 353 g/mol. The van der Waals surface area contributed by atoms with E-state index in [1.807, 2.05) is 0 Å². The Kier molecular flexibility index (Phi) is 4.87. The van der Waals surface area contributed by atoms with E-state index in [1.54, 1.807) is 6.92 Å². The van der Waals surface area contributed by atoms with Crippen molar-refractivity contribution < 1.29 is 18.7 Å². The van der Waals surface area contributed by atoms with Crippen LogP contribution in [-0.2, 0) is 17.6 Å². The summed E-state index contributed by atoms with van der Waals surface area (Å²) >= 11 is 7.27. The minimum Gasteiger partial charge on any atom is -0.462 e. The summed E-state index contributed by atoms with van der Waals surface area (Å²) in [6, 6.07) is 4.04. The average molecular weight is 368 g/mol. The fourth-order valence-corrected chi connectivity index (χ4v) is 4.31. The number of carbonyl (C=O) groups excluding carboxylic acids is 2. The SMILES string of the molecule is CCOC(=O)c1c(NC(=O)c2c(F)cccc2Cl)sc2c1CCC2. The molecular formula is C17H15ClFNO3S. The third kappa shape index (κ3) is 3.03. The van der Waals surface area contributed by atoms with Gasteiger partial charge in [-0.25, -0.2) is 9.18 Å². The highest BCUT2D eigenvalue weighted by atomic mass is 35.5. The minimum absolute atomic E-state index is 0.0225. The van der Waals surface area contributed by atoms with Crippen LogP contribution >= 0.6 is 22.9 Å². The van der Waals surface area contributed by atoms with Gasteiger partial charge in [0.25, 0.3) is 5.91 Å². The van der Waals surface area contributed by atoms with Gasteiger partial charge in [0.1, 0.15) is 10.8 Å². The molecule has 2 aromatic rings. The Morgan fingerprint density at radius 1 is 1.33 bits per heavy atom. The quantitative estimate of drug-likeness (QED) is 0.812. The zero-order valence-corrected chi connectivity index (χ0v) is 14.5. The Morgan fingerprint density at radius 3 is 2.83 bits per heavy atom. The van der Waals surface area contributed by atoms with Crippen LogP contribution in [0, 0.1) is 5.82 Å². The number of hydrogen-bond donors (Lipinski definition) is 1. The van der Waals surface area contributed by atoms with Gasteiger partial charge in [0.05, 0.1) is 22.8 Å².